The lowest BCUT2D eigenvalue weighted by molar-refractivity contribution is 1.09. The molecule has 0 atom stereocenters. The first-order valence-electron chi connectivity index (χ1n) is 16.7. The summed E-state index contributed by atoms with van der Waals surface area (Å²) in [6, 6.07) is 61.9. The van der Waals surface area contributed by atoms with Crippen LogP contribution in [0.5, 0.6) is 0 Å². The van der Waals surface area contributed by atoms with Gasteiger partial charge < -0.3 is 4.90 Å². The Morgan fingerprint density at radius 3 is 1.30 bits per heavy atom. The number of aromatic nitrogens is 4. The molecule has 6 heteroatoms. The van der Waals surface area contributed by atoms with Crippen LogP contribution in [0.25, 0.3) is 56.2 Å². The number of imidazole rings is 2. The van der Waals surface area contributed by atoms with Gasteiger partial charge in [0.2, 0.25) is 0 Å². The van der Waals surface area contributed by atoms with Crippen LogP contribution in [0.3, 0.4) is 0 Å². The van der Waals surface area contributed by atoms with E-state index in [1.165, 1.54) is 9.79 Å². The zero-order valence-corrected chi connectivity index (χ0v) is 27.7. The monoisotopic (exact) mass is 659 g/mol. The Kier molecular flexibility index (Phi) is 6.67. The second-order valence-electron chi connectivity index (χ2n) is 12.3. The molecule has 0 unspecified atom stereocenters. The smallest absolute Gasteiger partial charge is 0.145 e. The van der Waals surface area contributed by atoms with Crippen LogP contribution in [-0.2, 0) is 0 Å². The Balaban J connectivity index is 1.30. The first kappa shape index (κ1) is 28.6. The maximum absolute atomic E-state index is 5.31. The number of anilines is 3. The first-order chi connectivity index (χ1) is 24.8. The molecular formula is C44H29N5S. The zero-order chi connectivity index (χ0) is 33.0. The van der Waals surface area contributed by atoms with Crippen molar-refractivity contribution in [2.75, 3.05) is 4.90 Å². The molecule has 5 nitrogen and oxygen atoms in total. The fourth-order valence-electron chi connectivity index (χ4n) is 7.10. The molecule has 10 rings (SSSR count). The summed E-state index contributed by atoms with van der Waals surface area (Å²) in [7, 11) is 0. The van der Waals surface area contributed by atoms with Crippen LogP contribution in [0, 0.1) is 0 Å². The fourth-order valence-corrected chi connectivity index (χ4v) is 8.16. The minimum atomic E-state index is 0.871. The van der Waals surface area contributed by atoms with E-state index in [1.807, 2.05) is 11.8 Å². The molecule has 0 spiro atoms. The summed E-state index contributed by atoms with van der Waals surface area (Å²) < 4.78 is 4.54. The second kappa shape index (κ2) is 11.7. The number of rotatable bonds is 5. The van der Waals surface area contributed by atoms with E-state index in [1.54, 1.807) is 0 Å². The molecule has 0 saturated carbocycles. The minimum Gasteiger partial charge on any atom is -0.308 e. The fraction of sp³-hybridized carbons (Fsp3) is 0. The van der Waals surface area contributed by atoms with E-state index in [9.17, 15) is 0 Å². The Morgan fingerprint density at radius 2 is 0.800 bits per heavy atom. The van der Waals surface area contributed by atoms with Gasteiger partial charge in [-0.3, -0.25) is 9.13 Å². The van der Waals surface area contributed by atoms with Crippen molar-refractivity contribution in [3.63, 3.8) is 0 Å². The van der Waals surface area contributed by atoms with Gasteiger partial charge in [0.05, 0.1) is 33.4 Å². The molecule has 0 amide bonds. The molecular weight excluding hydrogens is 631 g/mol. The quantitative estimate of drug-likeness (QED) is 0.184. The van der Waals surface area contributed by atoms with Crippen LogP contribution >= 0.6 is 11.8 Å². The van der Waals surface area contributed by atoms with E-state index in [2.05, 4.69) is 190 Å². The summed E-state index contributed by atoms with van der Waals surface area (Å²) in [6.07, 6.45) is 0. The summed E-state index contributed by atoms with van der Waals surface area (Å²) in [4.78, 5) is 15.4. The molecule has 3 heterocycles. The van der Waals surface area contributed by atoms with Crippen molar-refractivity contribution < 1.29 is 0 Å². The lowest BCUT2D eigenvalue weighted by Crippen LogP contribution is -2.15. The van der Waals surface area contributed by atoms with E-state index < -0.39 is 0 Å². The predicted molar refractivity (Wildman–Crippen MR) is 205 cm³/mol. The minimum absolute atomic E-state index is 0.871. The molecule has 0 saturated heterocycles. The normalized spacial score (nSPS) is 12.3. The average molecular weight is 660 g/mol. The van der Waals surface area contributed by atoms with Crippen molar-refractivity contribution in [2.45, 2.75) is 9.79 Å². The Bertz CT molecular complexity index is 2510. The van der Waals surface area contributed by atoms with Crippen LogP contribution in [0.2, 0.25) is 0 Å². The number of para-hydroxylation sites is 8. The highest BCUT2D eigenvalue weighted by Crippen LogP contribution is 2.52. The lowest BCUT2D eigenvalue weighted by Gasteiger charge is -2.33. The highest BCUT2D eigenvalue weighted by Gasteiger charge is 2.27. The van der Waals surface area contributed by atoms with Crippen LogP contribution in [0.4, 0.5) is 17.1 Å². The SMILES string of the molecule is c1ccc(-n2c(-c3cc(-c4nc5ccccc5n4-c4ccccc4)cc(N4c5ccccc5Sc5ccccc54)c3)nc3ccccc32)cc1. The molecule has 50 heavy (non-hydrogen) atoms. The Morgan fingerprint density at radius 1 is 0.380 bits per heavy atom. The van der Waals surface area contributed by atoms with Gasteiger partial charge in [0, 0.05) is 38.0 Å². The second-order valence-corrected chi connectivity index (χ2v) is 13.4. The third-order valence-corrected chi connectivity index (χ3v) is 10.4. The highest BCUT2D eigenvalue weighted by atomic mass is 32.2. The van der Waals surface area contributed by atoms with Gasteiger partial charge in [-0.05, 0) is 91.0 Å². The molecule has 2 aromatic heterocycles. The Labute approximate surface area is 293 Å². The summed E-state index contributed by atoms with van der Waals surface area (Å²) in [5.41, 5.74) is 11.4. The van der Waals surface area contributed by atoms with Gasteiger partial charge in [-0.25, -0.2) is 9.97 Å². The predicted octanol–water partition coefficient (Wildman–Crippen LogP) is 11.6. The molecule has 0 radical (unpaired) electrons. The van der Waals surface area contributed by atoms with Gasteiger partial charge in [-0.1, -0.05) is 96.7 Å². The van der Waals surface area contributed by atoms with Gasteiger partial charge in [0.25, 0.3) is 0 Å². The van der Waals surface area contributed by atoms with Gasteiger partial charge in [-0.15, -0.1) is 0 Å². The van der Waals surface area contributed by atoms with E-state index >= 15 is 0 Å². The number of hydrogen-bond donors (Lipinski definition) is 0. The van der Waals surface area contributed by atoms with Crippen molar-refractivity contribution in [3.8, 4) is 34.2 Å². The average Bonchev–Trinajstić information content (AvgIpc) is 3.77. The molecule has 1 aliphatic heterocycles. The summed E-state index contributed by atoms with van der Waals surface area (Å²) in [5, 5.41) is 0. The van der Waals surface area contributed by atoms with E-state index in [0.717, 1.165) is 73.3 Å². The van der Waals surface area contributed by atoms with Crippen molar-refractivity contribution in [1.29, 1.82) is 0 Å². The van der Waals surface area contributed by atoms with Crippen molar-refractivity contribution in [2.24, 2.45) is 0 Å². The van der Waals surface area contributed by atoms with Crippen molar-refractivity contribution in [3.05, 3.63) is 176 Å². The summed E-state index contributed by atoms with van der Waals surface area (Å²) in [6.45, 7) is 0. The molecule has 0 N–H and O–H groups in total. The molecule has 7 aromatic carbocycles. The number of nitrogens with zero attached hydrogens (tertiary/aromatic N) is 5. The van der Waals surface area contributed by atoms with Gasteiger partial charge in [0.15, 0.2) is 0 Å². The van der Waals surface area contributed by atoms with Crippen LogP contribution in [0.1, 0.15) is 0 Å². The first-order valence-corrected chi connectivity index (χ1v) is 17.5. The number of hydrogen-bond acceptors (Lipinski definition) is 4. The summed E-state index contributed by atoms with van der Waals surface area (Å²) in [5.74, 6) is 1.74. The molecule has 236 valence electrons. The zero-order valence-electron chi connectivity index (χ0n) is 26.9. The van der Waals surface area contributed by atoms with Gasteiger partial charge in [0.1, 0.15) is 11.6 Å². The van der Waals surface area contributed by atoms with Crippen LogP contribution in [-0.4, -0.2) is 19.1 Å². The molecule has 0 aliphatic carbocycles. The van der Waals surface area contributed by atoms with Gasteiger partial charge >= 0.3 is 0 Å². The molecule has 1 aliphatic rings. The van der Waals surface area contributed by atoms with Crippen LogP contribution in [0.15, 0.2) is 186 Å². The Hall–Kier alpha value is -6.37. The maximum Gasteiger partial charge on any atom is 0.145 e. The number of fused-ring (bicyclic) bond motifs is 4. The third-order valence-electron chi connectivity index (χ3n) is 9.27. The van der Waals surface area contributed by atoms with Crippen LogP contribution < -0.4 is 4.90 Å². The molecule has 0 bridgehead atoms. The van der Waals surface area contributed by atoms with E-state index in [-0.39, 0.29) is 0 Å². The lowest BCUT2D eigenvalue weighted by atomic mass is 10.0. The maximum atomic E-state index is 5.31. The molecule has 9 aromatic rings. The van der Waals surface area contributed by atoms with Crippen molar-refractivity contribution >= 4 is 50.9 Å². The van der Waals surface area contributed by atoms with Gasteiger partial charge in [-0.2, -0.15) is 0 Å². The number of benzene rings is 7. The summed E-state index contributed by atoms with van der Waals surface area (Å²) >= 11 is 1.81. The van der Waals surface area contributed by atoms with E-state index in [0.29, 0.717) is 0 Å². The third kappa shape index (κ3) is 4.65. The van der Waals surface area contributed by atoms with Crippen molar-refractivity contribution in [1.82, 2.24) is 19.1 Å². The standard InChI is InChI=1S/C44H29N5S/c1-3-15-32(16-4-1)48-37-21-9-7-19-35(37)45-43(48)30-27-31(44-46-36-20-8-10-22-38(36)49(44)33-17-5-2-6-18-33)29-34(28-30)47-39-23-11-13-25-41(39)50-42-26-14-12-24-40(42)47/h1-29H. The highest BCUT2D eigenvalue weighted by molar-refractivity contribution is 7.99. The largest absolute Gasteiger partial charge is 0.308 e. The van der Waals surface area contributed by atoms with E-state index in [4.69, 9.17) is 9.97 Å². The topological polar surface area (TPSA) is 38.9 Å². The molecule has 0 fully saturated rings.